The van der Waals surface area contributed by atoms with Gasteiger partial charge in [0.1, 0.15) is 0 Å². The van der Waals surface area contributed by atoms with Crippen molar-refractivity contribution in [3.63, 3.8) is 0 Å². The Kier molecular flexibility index (Phi) is 2.27. The number of hydrogen-bond donors (Lipinski definition) is 0. The summed E-state index contributed by atoms with van der Waals surface area (Å²) in [5, 5.41) is 3.52. The van der Waals surface area contributed by atoms with Gasteiger partial charge in [-0.2, -0.15) is 0 Å². The molecule has 0 fully saturated rings. The molecule has 0 amide bonds. The number of hydrogen-bond acceptors (Lipinski definition) is 3. The highest BCUT2D eigenvalue weighted by Gasteiger charge is 2.16. The molecule has 3 heteroatoms. The van der Waals surface area contributed by atoms with Gasteiger partial charge in [0, 0.05) is 32.7 Å². The van der Waals surface area contributed by atoms with Crippen molar-refractivity contribution in [2.24, 2.45) is 0 Å². The molecule has 20 heavy (non-hydrogen) atoms. The van der Waals surface area contributed by atoms with E-state index < -0.39 is 0 Å². The number of rotatable bonds is 2. The van der Waals surface area contributed by atoms with E-state index in [2.05, 4.69) is 0 Å². The standard InChI is InChI=1S/C17H10O3/c18-17(13-5-1-3-11-7-19-9-15(11)13)14-6-2-4-12-8-20-10-16(12)14/h1-10H. The fourth-order valence-electron chi connectivity index (χ4n) is 2.53. The Morgan fingerprint density at radius 1 is 0.700 bits per heavy atom. The Morgan fingerprint density at radius 2 is 1.20 bits per heavy atom. The van der Waals surface area contributed by atoms with Crippen LogP contribution in [0.5, 0.6) is 0 Å². The van der Waals surface area contributed by atoms with Gasteiger partial charge in [-0.05, 0) is 0 Å². The second-order valence-corrected chi connectivity index (χ2v) is 4.69. The minimum atomic E-state index is -0.0241. The average molecular weight is 262 g/mol. The van der Waals surface area contributed by atoms with E-state index >= 15 is 0 Å². The van der Waals surface area contributed by atoms with Crippen LogP contribution in [0, 0.1) is 0 Å². The maximum atomic E-state index is 12.8. The molecule has 96 valence electrons. The molecular formula is C17H10O3. The summed E-state index contributed by atoms with van der Waals surface area (Å²) in [7, 11) is 0. The lowest BCUT2D eigenvalue weighted by molar-refractivity contribution is 0.104. The Bertz CT molecular complexity index is 851. The van der Waals surface area contributed by atoms with Crippen molar-refractivity contribution in [3.05, 3.63) is 72.6 Å². The first-order valence-electron chi connectivity index (χ1n) is 6.29. The number of fused-ring (bicyclic) bond motifs is 2. The van der Waals surface area contributed by atoms with Gasteiger partial charge in [0.2, 0.25) is 0 Å². The summed E-state index contributed by atoms with van der Waals surface area (Å²) in [6.07, 6.45) is 6.51. The molecule has 2 heterocycles. The quantitative estimate of drug-likeness (QED) is 0.502. The Labute approximate surface area is 114 Å². The van der Waals surface area contributed by atoms with Gasteiger partial charge in [0.05, 0.1) is 25.1 Å². The van der Waals surface area contributed by atoms with E-state index in [1.165, 1.54) is 0 Å². The van der Waals surface area contributed by atoms with Gasteiger partial charge in [-0.15, -0.1) is 0 Å². The van der Waals surface area contributed by atoms with Crippen LogP contribution in [0.2, 0.25) is 0 Å². The van der Waals surface area contributed by atoms with Crippen LogP contribution in [0.15, 0.2) is 70.3 Å². The van der Waals surface area contributed by atoms with Gasteiger partial charge < -0.3 is 8.83 Å². The van der Waals surface area contributed by atoms with Crippen LogP contribution in [0.3, 0.4) is 0 Å². The summed E-state index contributed by atoms with van der Waals surface area (Å²) in [5.41, 5.74) is 1.29. The zero-order chi connectivity index (χ0) is 13.5. The second kappa shape index (κ2) is 4.10. The van der Waals surface area contributed by atoms with Crippen LogP contribution in [0.25, 0.3) is 21.5 Å². The normalized spacial score (nSPS) is 11.2. The Balaban J connectivity index is 1.96. The van der Waals surface area contributed by atoms with E-state index in [4.69, 9.17) is 8.83 Å². The molecule has 0 spiro atoms. The molecule has 0 saturated heterocycles. The molecule has 0 radical (unpaired) electrons. The molecule has 0 bridgehead atoms. The van der Waals surface area contributed by atoms with Gasteiger partial charge in [0.25, 0.3) is 0 Å². The molecule has 0 unspecified atom stereocenters. The Hall–Kier alpha value is -2.81. The van der Waals surface area contributed by atoms with Crippen molar-refractivity contribution in [2.75, 3.05) is 0 Å². The summed E-state index contributed by atoms with van der Waals surface area (Å²) in [5.74, 6) is -0.0241. The monoisotopic (exact) mass is 262 g/mol. The first-order chi connectivity index (χ1) is 9.84. The van der Waals surface area contributed by atoms with Crippen molar-refractivity contribution >= 4 is 27.3 Å². The van der Waals surface area contributed by atoms with E-state index in [-0.39, 0.29) is 5.78 Å². The lowest BCUT2D eigenvalue weighted by atomic mass is 9.97. The summed E-state index contributed by atoms with van der Waals surface area (Å²) in [6, 6.07) is 11.2. The maximum Gasteiger partial charge on any atom is 0.194 e. The summed E-state index contributed by atoms with van der Waals surface area (Å²) >= 11 is 0. The number of furan rings is 2. The fraction of sp³-hybridized carbons (Fsp3) is 0. The molecule has 0 saturated carbocycles. The third-order valence-electron chi connectivity index (χ3n) is 3.53. The minimum absolute atomic E-state index is 0.0241. The lowest BCUT2D eigenvalue weighted by Gasteiger charge is -2.03. The molecule has 0 aliphatic heterocycles. The molecule has 3 nitrogen and oxygen atoms in total. The third kappa shape index (κ3) is 1.50. The third-order valence-corrected chi connectivity index (χ3v) is 3.53. The predicted octanol–water partition coefficient (Wildman–Crippen LogP) is 4.41. The number of carbonyl (C=O) groups is 1. The summed E-state index contributed by atoms with van der Waals surface area (Å²) < 4.78 is 10.4. The van der Waals surface area contributed by atoms with Crippen LogP contribution < -0.4 is 0 Å². The van der Waals surface area contributed by atoms with Crippen LogP contribution >= 0.6 is 0 Å². The maximum absolute atomic E-state index is 12.8. The highest BCUT2D eigenvalue weighted by molar-refractivity contribution is 6.21. The average Bonchev–Trinajstić information content (AvgIpc) is 3.13. The molecule has 0 N–H and O–H groups in total. The lowest BCUT2D eigenvalue weighted by Crippen LogP contribution is -2.01. The fourth-order valence-corrected chi connectivity index (χ4v) is 2.53. The largest absolute Gasteiger partial charge is 0.471 e. The first kappa shape index (κ1) is 11.1. The predicted molar refractivity (Wildman–Crippen MR) is 75.9 cm³/mol. The van der Waals surface area contributed by atoms with Gasteiger partial charge in [0.15, 0.2) is 5.78 Å². The van der Waals surface area contributed by atoms with Crippen molar-refractivity contribution < 1.29 is 13.6 Å². The van der Waals surface area contributed by atoms with E-state index in [0.29, 0.717) is 11.1 Å². The highest BCUT2D eigenvalue weighted by atomic mass is 16.3. The van der Waals surface area contributed by atoms with Gasteiger partial charge in [-0.1, -0.05) is 36.4 Å². The topological polar surface area (TPSA) is 43.4 Å². The van der Waals surface area contributed by atoms with Crippen molar-refractivity contribution in [1.29, 1.82) is 0 Å². The smallest absolute Gasteiger partial charge is 0.194 e. The number of benzene rings is 2. The first-order valence-corrected chi connectivity index (χ1v) is 6.29. The van der Waals surface area contributed by atoms with Crippen molar-refractivity contribution in [2.45, 2.75) is 0 Å². The van der Waals surface area contributed by atoms with Gasteiger partial charge >= 0.3 is 0 Å². The van der Waals surface area contributed by atoms with Gasteiger partial charge in [-0.3, -0.25) is 4.79 Å². The number of ketones is 1. The van der Waals surface area contributed by atoms with Crippen LogP contribution in [0.4, 0.5) is 0 Å². The summed E-state index contributed by atoms with van der Waals surface area (Å²) in [6.45, 7) is 0. The molecule has 0 atom stereocenters. The second-order valence-electron chi connectivity index (χ2n) is 4.69. The van der Waals surface area contributed by atoms with Crippen molar-refractivity contribution in [3.8, 4) is 0 Å². The van der Waals surface area contributed by atoms with Crippen molar-refractivity contribution in [1.82, 2.24) is 0 Å². The van der Waals surface area contributed by atoms with Crippen LogP contribution in [0.1, 0.15) is 15.9 Å². The zero-order valence-electron chi connectivity index (χ0n) is 10.5. The SMILES string of the molecule is O=C(c1cccc2cocc12)c1cccc2cocc12. The van der Waals surface area contributed by atoms with E-state index in [0.717, 1.165) is 21.5 Å². The van der Waals surface area contributed by atoms with E-state index in [9.17, 15) is 4.79 Å². The summed E-state index contributed by atoms with van der Waals surface area (Å²) in [4.78, 5) is 12.8. The van der Waals surface area contributed by atoms with E-state index in [1.54, 1.807) is 25.1 Å². The molecule has 2 aromatic heterocycles. The Morgan fingerprint density at radius 3 is 1.70 bits per heavy atom. The molecule has 0 aliphatic carbocycles. The number of carbonyl (C=O) groups excluding carboxylic acids is 1. The highest BCUT2D eigenvalue weighted by Crippen LogP contribution is 2.26. The minimum Gasteiger partial charge on any atom is -0.471 e. The van der Waals surface area contributed by atoms with Gasteiger partial charge in [-0.25, -0.2) is 0 Å². The van der Waals surface area contributed by atoms with E-state index in [1.807, 2.05) is 36.4 Å². The molecule has 4 aromatic rings. The molecule has 4 rings (SSSR count). The van der Waals surface area contributed by atoms with Crippen LogP contribution in [-0.2, 0) is 0 Å². The van der Waals surface area contributed by atoms with Crippen LogP contribution in [-0.4, -0.2) is 5.78 Å². The molecule has 0 aliphatic rings. The molecule has 2 aromatic carbocycles. The zero-order valence-corrected chi connectivity index (χ0v) is 10.5. The molecular weight excluding hydrogens is 252 g/mol.